The third-order valence-electron chi connectivity index (χ3n) is 4.65. The van der Waals surface area contributed by atoms with Crippen molar-refractivity contribution in [3.8, 4) is 0 Å². The Balaban J connectivity index is 1.63. The summed E-state index contributed by atoms with van der Waals surface area (Å²) in [5.74, 6) is 0. The Labute approximate surface area is 150 Å². The molecule has 0 aromatic heterocycles. The van der Waals surface area contributed by atoms with E-state index in [-0.39, 0.29) is 0 Å². The lowest BCUT2D eigenvalue weighted by atomic mass is 10.0. The molecule has 0 fully saturated rings. The maximum Gasteiger partial charge on any atom is 0.0873 e. The number of ether oxygens (including phenoxy) is 2. The molecule has 0 saturated carbocycles. The van der Waals surface area contributed by atoms with Gasteiger partial charge in [0.15, 0.2) is 0 Å². The molecule has 0 aliphatic carbocycles. The lowest BCUT2D eigenvalue weighted by Crippen LogP contribution is -2.36. The first kappa shape index (κ1) is 18.0. The van der Waals surface area contributed by atoms with Gasteiger partial charge in [0, 0.05) is 51.0 Å². The number of hydrogen-bond acceptors (Lipinski definition) is 5. The molecule has 0 radical (unpaired) electrons. The van der Waals surface area contributed by atoms with Gasteiger partial charge < -0.3 is 14.4 Å². The van der Waals surface area contributed by atoms with Crippen LogP contribution >= 0.6 is 0 Å². The highest BCUT2D eigenvalue weighted by Crippen LogP contribution is 2.26. The van der Waals surface area contributed by atoms with E-state index in [1.807, 2.05) is 25.0 Å². The first-order valence-electron chi connectivity index (χ1n) is 9.23. The van der Waals surface area contributed by atoms with Gasteiger partial charge in [-0.1, -0.05) is 30.3 Å². The molecule has 0 saturated heterocycles. The summed E-state index contributed by atoms with van der Waals surface area (Å²) in [5, 5.41) is 6.69. The zero-order valence-corrected chi connectivity index (χ0v) is 15.4. The lowest BCUT2D eigenvalue weighted by Gasteiger charge is -2.33. The second-order valence-corrected chi connectivity index (χ2v) is 6.55. The molecule has 2 aliphatic rings. The van der Waals surface area contributed by atoms with Gasteiger partial charge in [0.1, 0.15) is 0 Å². The summed E-state index contributed by atoms with van der Waals surface area (Å²) in [4.78, 5) is 2.47. The van der Waals surface area contributed by atoms with Crippen molar-refractivity contribution in [1.82, 2.24) is 9.91 Å². The Morgan fingerprint density at radius 1 is 1.12 bits per heavy atom. The fourth-order valence-corrected chi connectivity index (χ4v) is 3.41. The molecular formula is C20H29N3O2. The van der Waals surface area contributed by atoms with E-state index in [1.165, 1.54) is 22.5 Å². The molecule has 2 heterocycles. The van der Waals surface area contributed by atoms with Crippen LogP contribution in [0.2, 0.25) is 0 Å². The summed E-state index contributed by atoms with van der Waals surface area (Å²) in [7, 11) is 2.04. The Morgan fingerprint density at radius 3 is 2.76 bits per heavy atom. The monoisotopic (exact) mass is 343 g/mol. The van der Waals surface area contributed by atoms with Crippen LogP contribution < -0.4 is 0 Å². The molecule has 25 heavy (non-hydrogen) atoms. The summed E-state index contributed by atoms with van der Waals surface area (Å²) >= 11 is 0. The Kier molecular flexibility index (Phi) is 6.48. The van der Waals surface area contributed by atoms with E-state index in [9.17, 15) is 0 Å². The van der Waals surface area contributed by atoms with Crippen LogP contribution in [0, 0.1) is 0 Å². The third-order valence-corrected chi connectivity index (χ3v) is 4.65. The average molecular weight is 343 g/mol. The van der Waals surface area contributed by atoms with Crippen LogP contribution in [0.4, 0.5) is 0 Å². The summed E-state index contributed by atoms with van der Waals surface area (Å²) in [5.41, 5.74) is 5.12. The molecule has 0 amide bonds. The van der Waals surface area contributed by atoms with Crippen molar-refractivity contribution in [2.24, 2.45) is 5.10 Å². The number of nitrogens with zero attached hydrogens (tertiary/aromatic N) is 3. The Bertz CT molecular complexity index is 613. The van der Waals surface area contributed by atoms with Crippen LogP contribution in [0.1, 0.15) is 25.3 Å². The Morgan fingerprint density at radius 2 is 1.96 bits per heavy atom. The van der Waals surface area contributed by atoms with Gasteiger partial charge in [0.25, 0.3) is 0 Å². The molecule has 5 nitrogen and oxygen atoms in total. The predicted octanol–water partition coefficient (Wildman–Crippen LogP) is 2.89. The first-order valence-corrected chi connectivity index (χ1v) is 9.23. The third kappa shape index (κ3) is 4.83. The smallest absolute Gasteiger partial charge is 0.0873 e. The van der Waals surface area contributed by atoms with Gasteiger partial charge in [0.2, 0.25) is 0 Å². The largest absolute Gasteiger partial charge is 0.382 e. The number of likely N-dealkylation sites (N-methyl/N-ethyl adjacent to an activating group) is 1. The predicted molar refractivity (Wildman–Crippen MR) is 100 cm³/mol. The fraction of sp³-hybridized carbons (Fsp3) is 0.550. The van der Waals surface area contributed by atoms with Gasteiger partial charge in [-0.2, -0.15) is 5.10 Å². The van der Waals surface area contributed by atoms with Gasteiger partial charge in [-0.15, -0.1) is 0 Å². The van der Waals surface area contributed by atoms with E-state index in [2.05, 4.69) is 34.3 Å². The van der Waals surface area contributed by atoms with Crippen LogP contribution in [-0.4, -0.2) is 62.1 Å². The molecule has 1 aromatic rings. The van der Waals surface area contributed by atoms with Gasteiger partial charge >= 0.3 is 0 Å². The lowest BCUT2D eigenvalue weighted by molar-refractivity contribution is 0.110. The number of fused-ring (bicyclic) bond motifs is 1. The molecule has 0 N–H and O–H groups in total. The topological polar surface area (TPSA) is 37.3 Å². The minimum Gasteiger partial charge on any atom is -0.382 e. The highest BCUT2D eigenvalue weighted by atomic mass is 16.5. The van der Waals surface area contributed by atoms with Crippen molar-refractivity contribution in [1.29, 1.82) is 0 Å². The van der Waals surface area contributed by atoms with Crippen LogP contribution in [-0.2, 0) is 16.1 Å². The van der Waals surface area contributed by atoms with Crippen LogP contribution in [0.15, 0.2) is 46.7 Å². The molecular weight excluding hydrogens is 314 g/mol. The summed E-state index contributed by atoms with van der Waals surface area (Å²) in [6.45, 7) is 7.87. The van der Waals surface area contributed by atoms with Gasteiger partial charge in [0.05, 0.1) is 25.5 Å². The van der Waals surface area contributed by atoms with Crippen molar-refractivity contribution in [2.75, 3.05) is 46.5 Å². The molecule has 2 aliphatic heterocycles. The van der Waals surface area contributed by atoms with Crippen molar-refractivity contribution in [2.45, 2.75) is 26.4 Å². The van der Waals surface area contributed by atoms with E-state index in [1.54, 1.807) is 0 Å². The van der Waals surface area contributed by atoms with Gasteiger partial charge in [-0.3, -0.25) is 5.01 Å². The number of rotatable bonds is 9. The summed E-state index contributed by atoms with van der Waals surface area (Å²) < 4.78 is 11.6. The minimum atomic E-state index is 0.645. The molecule has 0 atom stereocenters. The average Bonchev–Trinajstić information content (AvgIpc) is 3.01. The highest BCUT2D eigenvalue weighted by Gasteiger charge is 2.29. The quantitative estimate of drug-likeness (QED) is 0.646. The second kappa shape index (κ2) is 9.02. The SMILES string of the molecule is CCOCCCN1CCC2=NN(C)CC2=C1COCc1ccccc1. The molecule has 5 heteroatoms. The highest BCUT2D eigenvalue weighted by molar-refractivity contribution is 6.03. The van der Waals surface area contributed by atoms with E-state index >= 15 is 0 Å². The van der Waals surface area contributed by atoms with Crippen molar-refractivity contribution in [3.05, 3.63) is 47.2 Å². The van der Waals surface area contributed by atoms with Crippen LogP contribution in [0.5, 0.6) is 0 Å². The Hall–Kier alpha value is -1.85. The zero-order chi connectivity index (χ0) is 17.5. The van der Waals surface area contributed by atoms with E-state index in [4.69, 9.17) is 9.47 Å². The van der Waals surface area contributed by atoms with E-state index < -0.39 is 0 Å². The fourth-order valence-electron chi connectivity index (χ4n) is 3.41. The molecule has 3 rings (SSSR count). The number of hydrazone groups is 1. The van der Waals surface area contributed by atoms with Crippen molar-refractivity contribution in [3.63, 3.8) is 0 Å². The molecule has 1 aromatic carbocycles. The van der Waals surface area contributed by atoms with Gasteiger partial charge in [-0.25, -0.2) is 0 Å². The standard InChI is InChI=1S/C20H29N3O2/c1-3-24-13-7-11-23-12-10-19-18(14-22(2)21-19)20(23)16-25-15-17-8-5-4-6-9-17/h4-6,8-9H,3,7,10-16H2,1-2H3. The van der Waals surface area contributed by atoms with E-state index in [0.717, 1.165) is 45.7 Å². The summed E-state index contributed by atoms with van der Waals surface area (Å²) in [6.07, 6.45) is 2.07. The van der Waals surface area contributed by atoms with E-state index in [0.29, 0.717) is 13.2 Å². The van der Waals surface area contributed by atoms with Crippen molar-refractivity contribution >= 4 is 5.71 Å². The molecule has 0 unspecified atom stereocenters. The maximum absolute atomic E-state index is 6.06. The van der Waals surface area contributed by atoms with Crippen LogP contribution in [0.3, 0.4) is 0 Å². The minimum absolute atomic E-state index is 0.645. The van der Waals surface area contributed by atoms with Crippen LogP contribution in [0.25, 0.3) is 0 Å². The van der Waals surface area contributed by atoms with Gasteiger partial charge in [-0.05, 0) is 18.9 Å². The van der Waals surface area contributed by atoms with Crippen molar-refractivity contribution < 1.29 is 9.47 Å². The number of benzene rings is 1. The number of hydrogen-bond donors (Lipinski definition) is 0. The molecule has 136 valence electrons. The second-order valence-electron chi connectivity index (χ2n) is 6.55. The first-order chi connectivity index (χ1) is 12.3. The molecule has 0 spiro atoms. The normalized spacial score (nSPS) is 17.1. The summed E-state index contributed by atoms with van der Waals surface area (Å²) in [6, 6.07) is 10.4. The maximum atomic E-state index is 6.06. The zero-order valence-electron chi connectivity index (χ0n) is 15.4. The molecule has 0 bridgehead atoms.